The first-order valence-electron chi connectivity index (χ1n) is 11.2. The lowest BCUT2D eigenvalue weighted by Crippen LogP contribution is -2.40. The molecule has 1 saturated carbocycles. The molecule has 0 spiro atoms. The summed E-state index contributed by atoms with van der Waals surface area (Å²) in [5.41, 5.74) is 0. The molecule has 3 fully saturated rings. The average Bonchev–Trinajstić information content (AvgIpc) is 3.27. The molecule has 0 amide bonds. The van der Waals surface area contributed by atoms with Crippen molar-refractivity contribution in [2.45, 2.75) is 126 Å². The molecule has 0 bridgehead atoms. The van der Waals surface area contributed by atoms with Gasteiger partial charge < -0.3 is 0 Å². The van der Waals surface area contributed by atoms with E-state index in [1.165, 1.54) is 32.1 Å². The molecule has 2 unspecified atom stereocenters. The lowest BCUT2D eigenvalue weighted by atomic mass is 9.97. The average molecular weight is 369 g/mol. The minimum Gasteiger partial charge on any atom is -0.0895 e. The molecular weight excluding hydrogens is 326 g/mol. The van der Waals surface area contributed by atoms with Crippen LogP contribution in [0.4, 0.5) is 0 Å². The van der Waals surface area contributed by atoms with E-state index in [4.69, 9.17) is 0 Å². The van der Waals surface area contributed by atoms with Crippen LogP contribution in [-0.2, 0) is 0 Å². The smallest absolute Gasteiger partial charge is 0.0116 e. The van der Waals surface area contributed by atoms with E-state index in [2.05, 4.69) is 27.7 Å². The highest BCUT2D eigenvalue weighted by Crippen LogP contribution is 2.85. The molecule has 0 radical (unpaired) electrons. The lowest BCUT2D eigenvalue weighted by molar-refractivity contribution is 0.446. The minimum atomic E-state index is 0.252. The number of hydrogen-bond acceptors (Lipinski definition) is 0. The molecule has 2 saturated heterocycles. The third-order valence-corrected chi connectivity index (χ3v) is 18.4. The van der Waals surface area contributed by atoms with Crippen LogP contribution in [0.25, 0.3) is 0 Å². The van der Waals surface area contributed by atoms with E-state index < -0.39 is 0 Å². The van der Waals surface area contributed by atoms with Gasteiger partial charge in [-0.05, 0) is 86.8 Å². The lowest BCUT2D eigenvalue weighted by Gasteiger charge is -2.57. The van der Waals surface area contributed by atoms with Gasteiger partial charge in [0.15, 0.2) is 0 Å². The summed E-state index contributed by atoms with van der Waals surface area (Å²) in [7, 11) is 0.505. The summed E-state index contributed by atoms with van der Waals surface area (Å²) in [4.78, 5) is 0.841. The van der Waals surface area contributed by atoms with Gasteiger partial charge in [0.2, 0.25) is 0 Å². The Morgan fingerprint density at radius 3 is 1.33 bits per heavy atom. The molecule has 140 valence electrons. The van der Waals surface area contributed by atoms with Crippen molar-refractivity contribution in [1.29, 1.82) is 0 Å². The van der Waals surface area contributed by atoms with E-state index >= 15 is 0 Å². The molecule has 1 aliphatic carbocycles. The summed E-state index contributed by atoms with van der Waals surface area (Å²) in [5.74, 6) is 0. The zero-order valence-corrected chi connectivity index (χ0v) is 18.8. The fourth-order valence-corrected chi connectivity index (χ4v) is 18.6. The second-order valence-electron chi connectivity index (χ2n) is 8.92. The Bertz CT molecular complexity index is 370. The molecule has 3 aliphatic rings. The third kappa shape index (κ3) is 2.95. The molecule has 0 aromatic rings. The second kappa shape index (κ2) is 7.85. The third-order valence-electron chi connectivity index (χ3n) is 8.48. The summed E-state index contributed by atoms with van der Waals surface area (Å²) in [6.45, 7) is 10.1. The monoisotopic (exact) mass is 368 g/mol. The molecule has 2 heterocycles. The molecule has 24 heavy (non-hydrogen) atoms. The van der Waals surface area contributed by atoms with Crippen LogP contribution in [0.1, 0.15) is 111 Å². The van der Waals surface area contributed by atoms with Crippen LogP contribution in [0.3, 0.4) is 0 Å². The topological polar surface area (TPSA) is 0 Å². The van der Waals surface area contributed by atoms with Crippen LogP contribution in [0.5, 0.6) is 0 Å². The van der Waals surface area contributed by atoms with Crippen molar-refractivity contribution in [2.75, 3.05) is 12.3 Å². The van der Waals surface area contributed by atoms with Crippen LogP contribution in [0.15, 0.2) is 0 Å². The fourth-order valence-electron chi connectivity index (χ4n) is 6.95. The van der Waals surface area contributed by atoms with Gasteiger partial charge in [-0.3, -0.25) is 0 Å². The molecule has 0 nitrogen and oxygen atoms in total. The predicted octanol–water partition coefficient (Wildman–Crippen LogP) is 8.32. The maximum atomic E-state index is 2.54. The van der Waals surface area contributed by atoms with Gasteiger partial charge >= 0.3 is 0 Å². The predicted molar refractivity (Wildman–Crippen MR) is 114 cm³/mol. The molecule has 0 aromatic heterocycles. The van der Waals surface area contributed by atoms with Crippen molar-refractivity contribution in [3.8, 4) is 0 Å². The molecule has 3 rings (SSSR count). The first kappa shape index (κ1) is 19.6. The molecule has 0 N–H and O–H groups in total. The highest BCUT2D eigenvalue weighted by atomic mass is 31.2. The van der Waals surface area contributed by atoms with Crippen LogP contribution in [0.2, 0.25) is 0 Å². The number of hydrogen-bond donors (Lipinski definition) is 0. The van der Waals surface area contributed by atoms with E-state index in [-0.39, 0.29) is 15.8 Å². The largest absolute Gasteiger partial charge is 0.0895 e. The highest BCUT2D eigenvalue weighted by Gasteiger charge is 2.59. The Hall–Kier alpha value is 0.860. The first-order valence-corrected chi connectivity index (χ1v) is 14.2. The summed E-state index contributed by atoms with van der Waals surface area (Å²) >= 11 is 0. The summed E-state index contributed by atoms with van der Waals surface area (Å²) in [6.07, 6.45) is 23.4. The van der Waals surface area contributed by atoms with Gasteiger partial charge in [0.05, 0.1) is 0 Å². The zero-order valence-electron chi connectivity index (χ0n) is 17.0. The molecular formula is C22H42P2. The van der Waals surface area contributed by atoms with E-state index in [1.807, 2.05) is 0 Å². The van der Waals surface area contributed by atoms with Gasteiger partial charge in [-0.2, -0.15) is 0 Å². The molecule has 2 aliphatic heterocycles. The van der Waals surface area contributed by atoms with Gasteiger partial charge in [0.1, 0.15) is 0 Å². The maximum Gasteiger partial charge on any atom is 0.0116 e. The molecule has 0 aromatic carbocycles. The van der Waals surface area contributed by atoms with Gasteiger partial charge in [-0.1, -0.05) is 62.8 Å². The minimum absolute atomic E-state index is 0.252. The molecule has 2 atom stereocenters. The van der Waals surface area contributed by atoms with Crippen molar-refractivity contribution >= 4 is 15.8 Å². The van der Waals surface area contributed by atoms with Gasteiger partial charge in [-0.25, -0.2) is 0 Å². The van der Waals surface area contributed by atoms with Gasteiger partial charge in [0.25, 0.3) is 0 Å². The first-order chi connectivity index (χ1) is 11.6. The van der Waals surface area contributed by atoms with Gasteiger partial charge in [0, 0.05) is 4.90 Å². The Morgan fingerprint density at radius 1 is 0.542 bits per heavy atom. The van der Waals surface area contributed by atoms with E-state index in [0.717, 1.165) is 15.2 Å². The van der Waals surface area contributed by atoms with E-state index in [9.17, 15) is 0 Å². The quantitative estimate of drug-likeness (QED) is 0.413. The molecule has 2 heteroatoms. The van der Waals surface area contributed by atoms with Crippen molar-refractivity contribution in [3.63, 3.8) is 0 Å². The standard InChI is InChI=1S/C22H42P2/c1-5-20(6-2)14-12-18-23(20)22(16-10-9-11-17-22)24-19-13-15-21(24,7-3)8-4/h5-19H2,1-4H3. The fraction of sp³-hybridized carbons (Fsp3) is 1.00. The summed E-state index contributed by atoms with van der Waals surface area (Å²) in [5, 5.41) is 1.54. The van der Waals surface area contributed by atoms with Crippen molar-refractivity contribution < 1.29 is 0 Å². The van der Waals surface area contributed by atoms with Gasteiger partial charge in [-0.15, -0.1) is 0 Å². The van der Waals surface area contributed by atoms with Crippen LogP contribution >= 0.6 is 15.8 Å². The van der Waals surface area contributed by atoms with Crippen LogP contribution in [0, 0.1) is 0 Å². The maximum absolute atomic E-state index is 2.54. The van der Waals surface area contributed by atoms with Crippen LogP contribution < -0.4 is 0 Å². The Labute approximate surface area is 154 Å². The normalized spacial score (nSPS) is 34.5. The Balaban J connectivity index is 2.02. The van der Waals surface area contributed by atoms with Crippen LogP contribution in [-0.4, -0.2) is 27.5 Å². The summed E-state index contributed by atoms with van der Waals surface area (Å²) < 4.78 is 0. The Morgan fingerprint density at radius 2 is 0.958 bits per heavy atom. The van der Waals surface area contributed by atoms with Crippen molar-refractivity contribution in [1.82, 2.24) is 0 Å². The summed E-state index contributed by atoms with van der Waals surface area (Å²) in [6, 6.07) is 0. The second-order valence-corrected chi connectivity index (χ2v) is 15.5. The van der Waals surface area contributed by atoms with E-state index in [1.54, 1.807) is 63.7 Å². The Kier molecular flexibility index (Phi) is 6.41. The van der Waals surface area contributed by atoms with Crippen molar-refractivity contribution in [3.05, 3.63) is 0 Å². The zero-order chi connectivity index (χ0) is 17.3. The highest BCUT2D eigenvalue weighted by molar-refractivity contribution is 7.79. The SMILES string of the molecule is CCC1(CC)CCCP1C1(P2CCCC2(CC)CC)CCCCC1. The van der Waals surface area contributed by atoms with Crippen molar-refractivity contribution in [2.24, 2.45) is 0 Å². The van der Waals surface area contributed by atoms with E-state index in [0.29, 0.717) is 0 Å². The number of rotatable bonds is 6.